The summed E-state index contributed by atoms with van der Waals surface area (Å²) in [5.41, 5.74) is 2.13. The van der Waals surface area contributed by atoms with Gasteiger partial charge in [-0.05, 0) is 60.7 Å². The molecule has 0 radical (unpaired) electrons. The molecule has 0 atom stereocenters. The van der Waals surface area contributed by atoms with Crippen LogP contribution in [0.15, 0.2) is 90.5 Å². The Labute approximate surface area is 200 Å². The highest BCUT2D eigenvalue weighted by atomic mass is 32.1. The van der Waals surface area contributed by atoms with Crippen molar-refractivity contribution in [1.82, 2.24) is 0 Å². The van der Waals surface area contributed by atoms with E-state index >= 15 is 0 Å². The van der Waals surface area contributed by atoms with Crippen molar-refractivity contribution in [3.8, 4) is 18.2 Å². The van der Waals surface area contributed by atoms with Crippen LogP contribution in [0.4, 0.5) is 16.4 Å². The monoisotopic (exact) mass is 460 g/mol. The van der Waals surface area contributed by atoms with Crippen LogP contribution in [0.1, 0.15) is 14.6 Å². The topological polar surface area (TPSA) is 74.6 Å². The smallest absolute Gasteiger partial charge is 0.148 e. The number of hydrogen-bond acceptors (Lipinski definition) is 6. The summed E-state index contributed by atoms with van der Waals surface area (Å²) in [5.74, 6) is 0. The molecule has 156 valence electrons. The third-order valence-electron chi connectivity index (χ3n) is 4.73. The predicted octanol–water partition coefficient (Wildman–Crippen LogP) is 7.77. The molecule has 0 fully saturated rings. The molecule has 2 aromatic heterocycles. The van der Waals surface area contributed by atoms with Crippen LogP contribution >= 0.6 is 22.7 Å². The lowest BCUT2D eigenvalue weighted by atomic mass is 10.1. The van der Waals surface area contributed by atoms with Gasteiger partial charge in [-0.1, -0.05) is 36.4 Å². The largest absolute Gasteiger partial charge is 0.302 e. The molecule has 6 heteroatoms. The lowest BCUT2D eigenvalue weighted by Gasteiger charge is -2.23. The summed E-state index contributed by atoms with van der Waals surface area (Å²) in [7, 11) is 0. The third-order valence-corrected chi connectivity index (χ3v) is 6.84. The summed E-state index contributed by atoms with van der Waals surface area (Å²) in [5, 5.41) is 28.6. The average Bonchev–Trinajstić information content (AvgIpc) is 3.52. The van der Waals surface area contributed by atoms with Crippen molar-refractivity contribution in [2.75, 3.05) is 4.90 Å². The zero-order valence-electron chi connectivity index (χ0n) is 17.3. The van der Waals surface area contributed by atoms with Crippen molar-refractivity contribution in [3.05, 3.63) is 105 Å². The van der Waals surface area contributed by atoms with Gasteiger partial charge in [0.15, 0.2) is 0 Å². The van der Waals surface area contributed by atoms with Gasteiger partial charge in [-0.25, -0.2) is 0 Å². The van der Waals surface area contributed by atoms with Crippen molar-refractivity contribution in [3.63, 3.8) is 0 Å². The first kappa shape index (κ1) is 21.8. The first-order valence-corrected chi connectivity index (χ1v) is 11.6. The van der Waals surface area contributed by atoms with Crippen LogP contribution in [-0.2, 0) is 0 Å². The van der Waals surface area contributed by atoms with Crippen LogP contribution in [-0.4, -0.2) is 0 Å². The summed E-state index contributed by atoms with van der Waals surface area (Å²) in [6.07, 6.45) is 4.01. The molecular formula is C27H16N4S2. The van der Waals surface area contributed by atoms with E-state index in [4.69, 9.17) is 10.5 Å². The molecular weight excluding hydrogens is 444 g/mol. The Morgan fingerprint density at radius 3 is 1.73 bits per heavy atom. The lowest BCUT2D eigenvalue weighted by molar-refractivity contribution is 1.32. The number of para-hydroxylation sites is 2. The van der Waals surface area contributed by atoms with E-state index in [1.807, 2.05) is 60.7 Å². The molecule has 2 aromatic carbocycles. The van der Waals surface area contributed by atoms with Crippen molar-refractivity contribution in [2.24, 2.45) is 0 Å². The van der Waals surface area contributed by atoms with E-state index < -0.39 is 0 Å². The van der Waals surface area contributed by atoms with Gasteiger partial charge in [-0.15, -0.1) is 22.7 Å². The molecule has 0 aliphatic heterocycles. The van der Waals surface area contributed by atoms with Crippen molar-refractivity contribution < 1.29 is 0 Å². The molecule has 0 N–H and O–H groups in total. The molecule has 33 heavy (non-hydrogen) atoms. The fraction of sp³-hybridized carbons (Fsp3) is 0. The summed E-state index contributed by atoms with van der Waals surface area (Å²) >= 11 is 3.05. The second kappa shape index (κ2) is 10.3. The highest BCUT2D eigenvalue weighted by Gasteiger charge is 2.14. The fourth-order valence-electron chi connectivity index (χ4n) is 3.22. The highest BCUT2D eigenvalue weighted by Crippen LogP contribution is 2.39. The Kier molecular flexibility index (Phi) is 6.78. The van der Waals surface area contributed by atoms with Crippen LogP contribution in [0.5, 0.6) is 0 Å². The number of nitrogens with zero attached hydrogens (tertiary/aromatic N) is 4. The van der Waals surface area contributed by atoms with Crippen molar-refractivity contribution in [2.45, 2.75) is 0 Å². The fourth-order valence-corrected chi connectivity index (χ4v) is 5.09. The Morgan fingerprint density at radius 2 is 1.18 bits per heavy atom. The van der Waals surface area contributed by atoms with Gasteiger partial charge in [-0.2, -0.15) is 15.8 Å². The Hall–Kier alpha value is -4.41. The van der Waals surface area contributed by atoms with E-state index in [1.165, 1.54) is 11.3 Å². The highest BCUT2D eigenvalue weighted by molar-refractivity contribution is 7.17. The second-order valence-corrected chi connectivity index (χ2v) is 9.01. The number of rotatable bonds is 6. The standard InChI is InChI=1S/C27H16N4S2/c28-17-20(18-29)25(19-30)26-15-13-23(32-26)11-12-24-14-16-27(33-24)31(21-7-3-1-4-8-21)22-9-5-2-6-10-22/h1-16H/b12-11+. The van der Waals surface area contributed by atoms with E-state index in [9.17, 15) is 5.26 Å². The second-order valence-electron chi connectivity index (χ2n) is 6.80. The van der Waals surface area contributed by atoms with Gasteiger partial charge in [-0.3, -0.25) is 0 Å². The first-order chi connectivity index (χ1) is 16.2. The van der Waals surface area contributed by atoms with Crippen LogP contribution < -0.4 is 4.90 Å². The molecule has 4 nitrogen and oxygen atoms in total. The summed E-state index contributed by atoms with van der Waals surface area (Å²) in [6.45, 7) is 0. The van der Waals surface area contributed by atoms with Gasteiger partial charge in [0.2, 0.25) is 0 Å². The van der Waals surface area contributed by atoms with Gasteiger partial charge in [0, 0.05) is 26.0 Å². The molecule has 0 saturated heterocycles. The lowest BCUT2D eigenvalue weighted by Crippen LogP contribution is -2.07. The van der Waals surface area contributed by atoms with E-state index in [1.54, 1.807) is 29.5 Å². The summed E-state index contributed by atoms with van der Waals surface area (Å²) in [6, 6.07) is 33.9. The quantitative estimate of drug-likeness (QED) is 0.275. The maximum absolute atomic E-state index is 9.35. The normalized spacial score (nSPS) is 10.2. The van der Waals surface area contributed by atoms with E-state index in [2.05, 4.69) is 41.3 Å². The van der Waals surface area contributed by atoms with Gasteiger partial charge in [0.05, 0.1) is 5.57 Å². The van der Waals surface area contributed by atoms with Crippen LogP contribution in [0.2, 0.25) is 0 Å². The van der Waals surface area contributed by atoms with Gasteiger partial charge < -0.3 is 4.90 Å². The minimum Gasteiger partial charge on any atom is -0.302 e. The maximum Gasteiger partial charge on any atom is 0.148 e. The average molecular weight is 461 g/mol. The molecule has 0 unspecified atom stereocenters. The van der Waals surface area contributed by atoms with Gasteiger partial charge in [0.25, 0.3) is 0 Å². The van der Waals surface area contributed by atoms with Crippen LogP contribution in [0.3, 0.4) is 0 Å². The van der Waals surface area contributed by atoms with Crippen LogP contribution in [0, 0.1) is 34.0 Å². The molecule has 0 aliphatic carbocycles. The number of hydrogen-bond donors (Lipinski definition) is 0. The minimum absolute atomic E-state index is 0.115. The predicted molar refractivity (Wildman–Crippen MR) is 136 cm³/mol. The maximum atomic E-state index is 9.35. The SMILES string of the molecule is N#CC(C#N)=C(C#N)c1ccc(/C=C/c2ccc(N(c3ccccc3)c3ccccc3)s2)s1. The van der Waals surface area contributed by atoms with Crippen LogP contribution in [0.25, 0.3) is 17.7 Å². The Bertz CT molecular complexity index is 1380. The number of nitriles is 3. The van der Waals surface area contributed by atoms with Crippen molar-refractivity contribution >= 4 is 56.8 Å². The Balaban J connectivity index is 1.61. The number of thiophene rings is 2. The molecule has 0 amide bonds. The number of anilines is 3. The molecule has 2 heterocycles. The van der Waals surface area contributed by atoms with Crippen molar-refractivity contribution in [1.29, 1.82) is 15.8 Å². The first-order valence-electron chi connectivity index (χ1n) is 9.96. The molecule has 0 bridgehead atoms. The summed E-state index contributed by atoms with van der Waals surface area (Å²) < 4.78 is 0. The third kappa shape index (κ3) is 4.92. The minimum atomic E-state index is -0.167. The number of benzene rings is 2. The Morgan fingerprint density at radius 1 is 0.636 bits per heavy atom. The zero-order chi connectivity index (χ0) is 23.0. The van der Waals surface area contributed by atoms with E-state index in [-0.39, 0.29) is 11.1 Å². The molecule has 4 aromatic rings. The number of allylic oxidation sites excluding steroid dienone is 2. The van der Waals surface area contributed by atoms with E-state index in [0.29, 0.717) is 4.88 Å². The van der Waals surface area contributed by atoms with Gasteiger partial charge in [0.1, 0.15) is 28.8 Å². The molecule has 0 saturated carbocycles. The molecule has 0 spiro atoms. The zero-order valence-corrected chi connectivity index (χ0v) is 19.0. The van der Waals surface area contributed by atoms with E-state index in [0.717, 1.165) is 26.1 Å². The molecule has 4 rings (SSSR count). The summed E-state index contributed by atoms with van der Waals surface area (Å²) in [4.78, 5) is 4.86. The van der Waals surface area contributed by atoms with Gasteiger partial charge >= 0.3 is 0 Å². The molecule has 0 aliphatic rings.